The Bertz CT molecular complexity index is 721. The SMILES string of the molecule is C=CCOC(COS(=O)(=O)c1ccc(C)cc1)c1ccccc1. The molecule has 0 saturated carbocycles. The smallest absolute Gasteiger partial charge is 0.297 e. The van der Waals surface area contributed by atoms with Gasteiger partial charge in [-0.2, -0.15) is 8.42 Å². The molecule has 1 unspecified atom stereocenters. The Morgan fingerprint density at radius 1 is 1.09 bits per heavy atom. The molecule has 0 heterocycles. The number of benzene rings is 2. The monoisotopic (exact) mass is 332 g/mol. The molecule has 5 heteroatoms. The maximum atomic E-state index is 12.3. The lowest BCUT2D eigenvalue weighted by atomic mass is 10.1. The van der Waals surface area contributed by atoms with E-state index in [0.717, 1.165) is 11.1 Å². The Morgan fingerprint density at radius 2 is 1.74 bits per heavy atom. The highest BCUT2D eigenvalue weighted by molar-refractivity contribution is 7.86. The van der Waals surface area contributed by atoms with Crippen LogP contribution in [0, 0.1) is 6.92 Å². The van der Waals surface area contributed by atoms with Gasteiger partial charge in [-0.15, -0.1) is 6.58 Å². The molecule has 0 saturated heterocycles. The van der Waals surface area contributed by atoms with Gasteiger partial charge in [0.15, 0.2) is 0 Å². The molecule has 0 aliphatic heterocycles. The second kappa shape index (κ2) is 8.06. The third-order valence-corrected chi connectivity index (χ3v) is 4.57. The van der Waals surface area contributed by atoms with Crippen LogP contribution in [0.2, 0.25) is 0 Å². The summed E-state index contributed by atoms with van der Waals surface area (Å²) in [5.41, 5.74) is 1.84. The lowest BCUT2D eigenvalue weighted by Crippen LogP contribution is -2.16. The standard InChI is InChI=1S/C18H20O4S/c1-3-13-21-18(16-7-5-4-6-8-16)14-22-23(19,20)17-11-9-15(2)10-12-17/h3-12,18H,1,13-14H2,2H3. The molecule has 0 fully saturated rings. The number of ether oxygens (including phenoxy) is 1. The molecule has 1 atom stereocenters. The Hall–Kier alpha value is -1.95. The molecule has 122 valence electrons. The zero-order valence-electron chi connectivity index (χ0n) is 13.0. The lowest BCUT2D eigenvalue weighted by molar-refractivity contribution is 0.0375. The summed E-state index contributed by atoms with van der Waals surface area (Å²) in [5, 5.41) is 0. The van der Waals surface area contributed by atoms with Gasteiger partial charge in [0, 0.05) is 0 Å². The summed E-state index contributed by atoms with van der Waals surface area (Å²) in [7, 11) is -3.81. The van der Waals surface area contributed by atoms with Crippen LogP contribution in [0.4, 0.5) is 0 Å². The fraction of sp³-hybridized carbons (Fsp3) is 0.222. The average molecular weight is 332 g/mol. The molecule has 2 aromatic rings. The third-order valence-electron chi connectivity index (χ3n) is 3.27. The fourth-order valence-corrected chi connectivity index (χ4v) is 2.93. The number of rotatable bonds is 8. The molecule has 23 heavy (non-hydrogen) atoms. The van der Waals surface area contributed by atoms with Gasteiger partial charge in [0.2, 0.25) is 0 Å². The van der Waals surface area contributed by atoms with Crippen molar-refractivity contribution in [2.45, 2.75) is 17.9 Å². The second-order valence-corrected chi connectivity index (χ2v) is 6.69. The highest BCUT2D eigenvalue weighted by atomic mass is 32.2. The summed E-state index contributed by atoms with van der Waals surface area (Å²) in [6.07, 6.45) is 1.14. The first-order chi connectivity index (χ1) is 11.0. The van der Waals surface area contributed by atoms with Crippen LogP contribution < -0.4 is 0 Å². The van der Waals surface area contributed by atoms with Crippen LogP contribution in [0.3, 0.4) is 0 Å². The van der Waals surface area contributed by atoms with Crippen molar-refractivity contribution in [1.29, 1.82) is 0 Å². The minimum Gasteiger partial charge on any atom is -0.367 e. The van der Waals surface area contributed by atoms with Gasteiger partial charge in [-0.3, -0.25) is 4.18 Å². The second-order valence-electron chi connectivity index (χ2n) is 5.07. The van der Waals surface area contributed by atoms with Gasteiger partial charge in [0.25, 0.3) is 10.1 Å². The molecular formula is C18H20O4S. The Kier molecular flexibility index (Phi) is 6.10. The first-order valence-corrected chi connectivity index (χ1v) is 8.67. The van der Waals surface area contributed by atoms with Crippen molar-refractivity contribution in [2.24, 2.45) is 0 Å². The van der Waals surface area contributed by atoms with E-state index >= 15 is 0 Å². The molecule has 0 spiro atoms. The normalized spacial score (nSPS) is 12.7. The van der Waals surface area contributed by atoms with Crippen molar-refractivity contribution >= 4 is 10.1 Å². The van der Waals surface area contributed by atoms with E-state index in [-0.39, 0.29) is 11.5 Å². The van der Waals surface area contributed by atoms with Crippen LogP contribution in [0.1, 0.15) is 17.2 Å². The summed E-state index contributed by atoms with van der Waals surface area (Å²) in [4.78, 5) is 0.138. The highest BCUT2D eigenvalue weighted by Gasteiger charge is 2.19. The summed E-state index contributed by atoms with van der Waals surface area (Å²) in [5.74, 6) is 0. The zero-order chi connectivity index (χ0) is 16.7. The van der Waals surface area contributed by atoms with Crippen molar-refractivity contribution in [3.63, 3.8) is 0 Å². The Labute approximate surface area is 137 Å². The van der Waals surface area contributed by atoms with Gasteiger partial charge in [0.05, 0.1) is 18.1 Å². The van der Waals surface area contributed by atoms with Crippen molar-refractivity contribution in [3.05, 3.63) is 78.4 Å². The van der Waals surface area contributed by atoms with Gasteiger partial charge in [-0.05, 0) is 24.6 Å². The largest absolute Gasteiger partial charge is 0.367 e. The molecule has 0 aliphatic carbocycles. The van der Waals surface area contributed by atoms with Gasteiger partial charge in [-0.1, -0.05) is 54.1 Å². The van der Waals surface area contributed by atoms with E-state index in [1.165, 1.54) is 12.1 Å². The lowest BCUT2D eigenvalue weighted by Gasteiger charge is -2.17. The fourth-order valence-electron chi connectivity index (χ4n) is 2.02. The predicted octanol–water partition coefficient (Wildman–Crippen LogP) is 3.64. The quantitative estimate of drug-likeness (QED) is 0.547. The molecule has 0 aliphatic rings. The van der Waals surface area contributed by atoms with Gasteiger partial charge in [-0.25, -0.2) is 0 Å². The number of hydrogen-bond acceptors (Lipinski definition) is 4. The van der Waals surface area contributed by atoms with Gasteiger partial charge < -0.3 is 4.74 Å². The van der Waals surface area contributed by atoms with Crippen LogP contribution in [0.5, 0.6) is 0 Å². The maximum absolute atomic E-state index is 12.3. The molecule has 0 aromatic heterocycles. The highest BCUT2D eigenvalue weighted by Crippen LogP contribution is 2.21. The number of aryl methyl sites for hydroxylation is 1. The topological polar surface area (TPSA) is 52.6 Å². The summed E-state index contributed by atoms with van der Waals surface area (Å²) < 4.78 is 35.3. The molecule has 0 N–H and O–H groups in total. The first-order valence-electron chi connectivity index (χ1n) is 7.26. The summed E-state index contributed by atoms with van der Waals surface area (Å²) >= 11 is 0. The van der Waals surface area contributed by atoms with E-state index in [1.807, 2.05) is 37.3 Å². The van der Waals surface area contributed by atoms with Crippen LogP contribution in [-0.4, -0.2) is 21.6 Å². The molecule has 0 amide bonds. The van der Waals surface area contributed by atoms with Crippen molar-refractivity contribution < 1.29 is 17.3 Å². The minimum absolute atomic E-state index is 0.0892. The molecule has 0 radical (unpaired) electrons. The van der Waals surface area contributed by atoms with Gasteiger partial charge in [0.1, 0.15) is 6.10 Å². The van der Waals surface area contributed by atoms with E-state index in [2.05, 4.69) is 6.58 Å². The Balaban J connectivity index is 2.11. The summed E-state index contributed by atoms with van der Waals surface area (Å²) in [6, 6.07) is 15.9. The van der Waals surface area contributed by atoms with Crippen LogP contribution in [0.15, 0.2) is 72.1 Å². The average Bonchev–Trinajstić information content (AvgIpc) is 2.56. The number of hydrogen-bond donors (Lipinski definition) is 0. The van der Waals surface area contributed by atoms with E-state index in [9.17, 15) is 8.42 Å². The van der Waals surface area contributed by atoms with Crippen molar-refractivity contribution in [1.82, 2.24) is 0 Å². The maximum Gasteiger partial charge on any atom is 0.297 e. The first kappa shape index (κ1) is 17.4. The van der Waals surface area contributed by atoms with E-state index in [1.54, 1.807) is 18.2 Å². The third kappa shape index (κ3) is 5.03. The van der Waals surface area contributed by atoms with Crippen molar-refractivity contribution in [2.75, 3.05) is 13.2 Å². The molecule has 0 bridgehead atoms. The Morgan fingerprint density at radius 3 is 2.35 bits per heavy atom. The molecule has 2 rings (SSSR count). The van der Waals surface area contributed by atoms with Crippen molar-refractivity contribution in [3.8, 4) is 0 Å². The van der Waals surface area contributed by atoms with Gasteiger partial charge >= 0.3 is 0 Å². The molecule has 2 aromatic carbocycles. The van der Waals surface area contributed by atoms with Crippen LogP contribution >= 0.6 is 0 Å². The van der Waals surface area contributed by atoms with Crippen LogP contribution in [-0.2, 0) is 19.0 Å². The van der Waals surface area contributed by atoms with E-state index < -0.39 is 16.2 Å². The molecular weight excluding hydrogens is 312 g/mol. The van der Waals surface area contributed by atoms with E-state index in [0.29, 0.717) is 6.61 Å². The summed E-state index contributed by atoms with van der Waals surface area (Å²) in [6.45, 7) is 5.73. The van der Waals surface area contributed by atoms with Crippen LogP contribution in [0.25, 0.3) is 0 Å². The predicted molar refractivity (Wildman–Crippen MR) is 89.6 cm³/mol. The molecule has 4 nitrogen and oxygen atoms in total. The van der Waals surface area contributed by atoms with E-state index in [4.69, 9.17) is 8.92 Å². The zero-order valence-corrected chi connectivity index (χ0v) is 13.8. The minimum atomic E-state index is -3.81.